The third-order valence-corrected chi connectivity index (χ3v) is 4.68. The SMILES string of the molecule is O=C(COc1ccccc1F)OCC(=O)N1CCN(c2ccccc2Cl)CC1. The second kappa shape index (κ2) is 9.41. The van der Waals surface area contributed by atoms with Crippen LogP contribution in [0.5, 0.6) is 5.75 Å². The number of hydrogen-bond acceptors (Lipinski definition) is 5. The topological polar surface area (TPSA) is 59.1 Å². The number of anilines is 1. The van der Waals surface area contributed by atoms with Gasteiger partial charge in [-0.2, -0.15) is 0 Å². The minimum Gasteiger partial charge on any atom is -0.479 e. The van der Waals surface area contributed by atoms with Gasteiger partial charge in [0.25, 0.3) is 5.91 Å². The van der Waals surface area contributed by atoms with Crippen LogP contribution in [0.2, 0.25) is 5.02 Å². The molecule has 1 aliphatic heterocycles. The van der Waals surface area contributed by atoms with Gasteiger partial charge in [0.2, 0.25) is 0 Å². The summed E-state index contributed by atoms with van der Waals surface area (Å²) in [6.07, 6.45) is 0. The number of halogens is 2. The number of amides is 1. The Morgan fingerprint density at radius 1 is 0.964 bits per heavy atom. The van der Waals surface area contributed by atoms with Gasteiger partial charge in [0, 0.05) is 26.2 Å². The summed E-state index contributed by atoms with van der Waals surface area (Å²) in [4.78, 5) is 27.7. The fraction of sp³-hybridized carbons (Fsp3) is 0.300. The highest BCUT2D eigenvalue weighted by Gasteiger charge is 2.23. The minimum absolute atomic E-state index is 0.0403. The lowest BCUT2D eigenvalue weighted by Gasteiger charge is -2.36. The van der Waals surface area contributed by atoms with Crippen LogP contribution in [-0.4, -0.2) is 56.2 Å². The quantitative estimate of drug-likeness (QED) is 0.690. The number of para-hydroxylation sites is 2. The first kappa shape index (κ1) is 19.9. The van der Waals surface area contributed by atoms with Crippen molar-refractivity contribution in [3.63, 3.8) is 0 Å². The van der Waals surface area contributed by atoms with Crippen LogP contribution < -0.4 is 9.64 Å². The molecule has 3 rings (SSSR count). The van der Waals surface area contributed by atoms with Crippen LogP contribution in [0.15, 0.2) is 48.5 Å². The molecular weight excluding hydrogens is 387 g/mol. The van der Waals surface area contributed by atoms with Gasteiger partial charge in [0.1, 0.15) is 0 Å². The Morgan fingerprint density at radius 2 is 1.64 bits per heavy atom. The summed E-state index contributed by atoms with van der Waals surface area (Å²) < 4.78 is 23.4. The van der Waals surface area contributed by atoms with Crippen molar-refractivity contribution in [2.75, 3.05) is 44.3 Å². The van der Waals surface area contributed by atoms with Gasteiger partial charge in [0.15, 0.2) is 24.8 Å². The zero-order valence-electron chi connectivity index (χ0n) is 15.1. The van der Waals surface area contributed by atoms with Crippen LogP contribution >= 0.6 is 11.6 Å². The molecule has 1 amide bonds. The maximum atomic E-state index is 13.4. The molecular formula is C20H20ClFN2O4. The predicted molar refractivity (Wildman–Crippen MR) is 103 cm³/mol. The Hall–Kier alpha value is -2.80. The van der Waals surface area contributed by atoms with Crippen molar-refractivity contribution in [2.24, 2.45) is 0 Å². The van der Waals surface area contributed by atoms with E-state index in [4.69, 9.17) is 21.1 Å². The predicted octanol–water partition coefficient (Wildman–Crippen LogP) is 2.75. The largest absolute Gasteiger partial charge is 0.479 e. The van der Waals surface area contributed by atoms with Crippen molar-refractivity contribution in [3.8, 4) is 5.75 Å². The number of rotatable bonds is 6. The van der Waals surface area contributed by atoms with Crippen molar-refractivity contribution in [1.82, 2.24) is 4.90 Å². The molecule has 0 atom stereocenters. The Labute approximate surface area is 167 Å². The van der Waals surface area contributed by atoms with Crippen molar-refractivity contribution in [3.05, 3.63) is 59.4 Å². The molecule has 0 aromatic heterocycles. The zero-order valence-corrected chi connectivity index (χ0v) is 15.9. The number of nitrogens with zero attached hydrogens (tertiary/aromatic N) is 2. The molecule has 0 spiro atoms. The molecule has 0 radical (unpaired) electrons. The first-order valence-electron chi connectivity index (χ1n) is 8.85. The molecule has 0 unspecified atom stereocenters. The fourth-order valence-electron chi connectivity index (χ4n) is 2.88. The average molecular weight is 407 g/mol. The van der Waals surface area contributed by atoms with E-state index < -0.39 is 18.4 Å². The Morgan fingerprint density at radius 3 is 2.36 bits per heavy atom. The van der Waals surface area contributed by atoms with Crippen molar-refractivity contribution in [1.29, 1.82) is 0 Å². The van der Waals surface area contributed by atoms with Crippen LogP contribution in [0, 0.1) is 5.82 Å². The molecule has 1 saturated heterocycles. The molecule has 1 heterocycles. The molecule has 1 aliphatic rings. The summed E-state index contributed by atoms with van der Waals surface area (Å²) in [7, 11) is 0. The first-order valence-corrected chi connectivity index (χ1v) is 9.22. The summed E-state index contributed by atoms with van der Waals surface area (Å²) in [5.41, 5.74) is 0.938. The van der Waals surface area contributed by atoms with Crippen LogP contribution in [0.3, 0.4) is 0 Å². The Balaban J connectivity index is 1.40. The van der Waals surface area contributed by atoms with E-state index in [-0.39, 0.29) is 18.3 Å². The van der Waals surface area contributed by atoms with Crippen molar-refractivity contribution in [2.45, 2.75) is 0 Å². The number of hydrogen-bond donors (Lipinski definition) is 0. The van der Waals surface area contributed by atoms with Crippen molar-refractivity contribution < 1.29 is 23.5 Å². The Kier molecular flexibility index (Phi) is 6.71. The van der Waals surface area contributed by atoms with E-state index in [0.29, 0.717) is 31.2 Å². The molecule has 2 aromatic rings. The van der Waals surface area contributed by atoms with Crippen LogP contribution in [0.4, 0.5) is 10.1 Å². The second-order valence-corrected chi connectivity index (χ2v) is 6.61. The summed E-state index contributed by atoms with van der Waals surface area (Å²) in [5, 5.41) is 0.672. The standard InChI is InChI=1S/C20H20ClFN2O4/c21-15-5-1-3-7-17(15)23-9-11-24(12-10-23)19(25)13-28-20(26)14-27-18-8-4-2-6-16(18)22/h1-8H,9-14H2. The highest BCUT2D eigenvalue weighted by Crippen LogP contribution is 2.26. The number of esters is 1. The van der Waals surface area contributed by atoms with Crippen LogP contribution in [-0.2, 0) is 14.3 Å². The monoisotopic (exact) mass is 406 g/mol. The van der Waals surface area contributed by atoms with E-state index in [0.717, 1.165) is 5.69 Å². The summed E-state index contributed by atoms with van der Waals surface area (Å²) in [6, 6.07) is 13.3. The number of carbonyl (C=O) groups excluding carboxylic acids is 2. The summed E-state index contributed by atoms with van der Waals surface area (Å²) in [6.45, 7) is 1.46. The van der Waals surface area contributed by atoms with E-state index >= 15 is 0 Å². The van der Waals surface area contributed by atoms with Gasteiger partial charge in [-0.15, -0.1) is 0 Å². The molecule has 8 heteroatoms. The number of ether oxygens (including phenoxy) is 2. The highest BCUT2D eigenvalue weighted by molar-refractivity contribution is 6.33. The third-order valence-electron chi connectivity index (χ3n) is 4.36. The highest BCUT2D eigenvalue weighted by atomic mass is 35.5. The summed E-state index contributed by atoms with van der Waals surface area (Å²) in [5.74, 6) is -1.62. The van der Waals surface area contributed by atoms with E-state index in [2.05, 4.69) is 4.90 Å². The van der Waals surface area contributed by atoms with Gasteiger partial charge in [0.05, 0.1) is 10.7 Å². The third kappa shape index (κ3) is 5.13. The van der Waals surface area contributed by atoms with Crippen molar-refractivity contribution >= 4 is 29.2 Å². The molecule has 0 N–H and O–H groups in total. The molecule has 2 aromatic carbocycles. The van der Waals surface area contributed by atoms with Gasteiger partial charge in [-0.25, -0.2) is 9.18 Å². The van der Waals surface area contributed by atoms with Gasteiger partial charge >= 0.3 is 5.97 Å². The Bertz CT molecular complexity index is 840. The lowest BCUT2D eigenvalue weighted by atomic mass is 10.2. The van der Waals surface area contributed by atoms with Gasteiger partial charge < -0.3 is 19.3 Å². The first-order chi connectivity index (χ1) is 13.5. The summed E-state index contributed by atoms with van der Waals surface area (Å²) >= 11 is 6.21. The van der Waals surface area contributed by atoms with Gasteiger partial charge in [-0.3, -0.25) is 4.79 Å². The smallest absolute Gasteiger partial charge is 0.344 e. The van der Waals surface area contributed by atoms with Crippen LogP contribution in [0.25, 0.3) is 0 Å². The number of piperazine rings is 1. The molecule has 28 heavy (non-hydrogen) atoms. The van der Waals surface area contributed by atoms with Gasteiger partial charge in [-0.05, 0) is 24.3 Å². The number of carbonyl (C=O) groups is 2. The van der Waals surface area contributed by atoms with E-state index in [1.807, 2.05) is 24.3 Å². The second-order valence-electron chi connectivity index (χ2n) is 6.20. The van der Waals surface area contributed by atoms with Gasteiger partial charge in [-0.1, -0.05) is 35.9 Å². The number of benzene rings is 2. The molecule has 1 fully saturated rings. The van der Waals surface area contributed by atoms with Crippen LogP contribution in [0.1, 0.15) is 0 Å². The lowest BCUT2D eigenvalue weighted by Crippen LogP contribution is -2.50. The lowest BCUT2D eigenvalue weighted by molar-refractivity contribution is -0.153. The fourth-order valence-corrected chi connectivity index (χ4v) is 3.13. The maximum absolute atomic E-state index is 13.4. The molecule has 6 nitrogen and oxygen atoms in total. The molecule has 0 bridgehead atoms. The molecule has 148 valence electrons. The van der Waals surface area contributed by atoms with E-state index in [1.54, 1.807) is 11.0 Å². The van der Waals surface area contributed by atoms with E-state index in [9.17, 15) is 14.0 Å². The maximum Gasteiger partial charge on any atom is 0.344 e. The normalized spacial score (nSPS) is 13.9. The van der Waals surface area contributed by atoms with E-state index in [1.165, 1.54) is 18.2 Å². The minimum atomic E-state index is -0.730. The molecule has 0 saturated carbocycles. The molecule has 0 aliphatic carbocycles. The zero-order chi connectivity index (χ0) is 19.9. The average Bonchev–Trinajstić information content (AvgIpc) is 2.72.